The zero-order valence-electron chi connectivity index (χ0n) is 10.5. The van der Waals surface area contributed by atoms with Crippen molar-refractivity contribution in [1.29, 1.82) is 0 Å². The minimum atomic E-state index is -0.701. The molecule has 0 aliphatic carbocycles. The predicted molar refractivity (Wildman–Crippen MR) is 68.7 cm³/mol. The number of azo groups is 1. The van der Waals surface area contributed by atoms with Crippen molar-refractivity contribution in [1.82, 2.24) is 0 Å². The highest BCUT2D eigenvalue weighted by Gasteiger charge is 2.19. The van der Waals surface area contributed by atoms with E-state index in [1.165, 1.54) is 12.1 Å². The number of unbranched alkanes of at least 4 members (excludes halogenated alkanes) is 2. The van der Waals surface area contributed by atoms with Crippen LogP contribution in [-0.2, 0) is 0 Å². The van der Waals surface area contributed by atoms with Crippen molar-refractivity contribution in [3.63, 3.8) is 0 Å². The minimum Gasteiger partial charge on any atom is -0.258 e. The fraction of sp³-hybridized carbons (Fsp3) is 0.455. The number of hydrogen-bond donors (Lipinski definition) is 0. The first-order valence-electron chi connectivity index (χ1n) is 5.86. The number of nitro groups is 2. The van der Waals surface area contributed by atoms with Crippen molar-refractivity contribution >= 4 is 17.1 Å². The third kappa shape index (κ3) is 4.41. The van der Waals surface area contributed by atoms with E-state index in [0.717, 1.165) is 25.3 Å². The Bertz CT molecular complexity index is 501. The third-order valence-electron chi connectivity index (χ3n) is 2.41. The summed E-state index contributed by atoms with van der Waals surface area (Å²) in [5, 5.41) is 29.0. The molecule has 0 saturated heterocycles. The quantitative estimate of drug-likeness (QED) is 0.323. The molecule has 0 aliphatic rings. The Morgan fingerprint density at radius 3 is 2.47 bits per heavy atom. The highest BCUT2D eigenvalue weighted by Crippen LogP contribution is 2.31. The molecule has 8 heteroatoms. The van der Waals surface area contributed by atoms with Gasteiger partial charge < -0.3 is 0 Å². The van der Waals surface area contributed by atoms with Crippen LogP contribution in [0.15, 0.2) is 28.4 Å². The fourth-order valence-electron chi connectivity index (χ4n) is 1.41. The van der Waals surface area contributed by atoms with Crippen molar-refractivity contribution in [3.05, 3.63) is 38.4 Å². The van der Waals surface area contributed by atoms with Crippen LogP contribution in [0.4, 0.5) is 17.1 Å². The van der Waals surface area contributed by atoms with Crippen LogP contribution in [0.1, 0.15) is 26.2 Å². The lowest BCUT2D eigenvalue weighted by molar-refractivity contribution is -0.393. The number of nitrogens with zero attached hydrogens (tertiary/aromatic N) is 4. The van der Waals surface area contributed by atoms with Crippen LogP contribution in [0.25, 0.3) is 0 Å². The van der Waals surface area contributed by atoms with Crippen LogP contribution in [0.2, 0.25) is 0 Å². The highest BCUT2D eigenvalue weighted by molar-refractivity contribution is 5.61. The lowest BCUT2D eigenvalue weighted by Crippen LogP contribution is -1.92. The van der Waals surface area contributed by atoms with Crippen LogP contribution < -0.4 is 0 Å². The Balaban J connectivity index is 2.88. The summed E-state index contributed by atoms with van der Waals surface area (Å²) in [5.41, 5.74) is -0.711. The lowest BCUT2D eigenvalue weighted by atomic mass is 10.2. The first kappa shape index (κ1) is 14.7. The molecule has 0 fully saturated rings. The van der Waals surface area contributed by atoms with Crippen molar-refractivity contribution in [2.24, 2.45) is 10.2 Å². The smallest absolute Gasteiger partial charge is 0.258 e. The molecule has 0 atom stereocenters. The van der Waals surface area contributed by atoms with Gasteiger partial charge in [-0.1, -0.05) is 19.8 Å². The summed E-state index contributed by atoms with van der Waals surface area (Å²) in [6.07, 6.45) is 2.93. The third-order valence-corrected chi connectivity index (χ3v) is 2.41. The Labute approximate surface area is 109 Å². The second-order valence-electron chi connectivity index (χ2n) is 3.86. The average molecular weight is 266 g/mol. The molecule has 0 spiro atoms. The first-order chi connectivity index (χ1) is 9.06. The molecule has 1 aromatic rings. The normalized spacial score (nSPS) is 10.8. The predicted octanol–water partition coefficient (Wildman–Crippen LogP) is 3.78. The molecule has 0 amide bonds. The first-order valence-corrected chi connectivity index (χ1v) is 5.86. The van der Waals surface area contributed by atoms with E-state index in [0.29, 0.717) is 6.54 Å². The van der Waals surface area contributed by atoms with Crippen molar-refractivity contribution in [2.75, 3.05) is 6.54 Å². The molecule has 0 unspecified atom stereocenters. The van der Waals surface area contributed by atoms with Gasteiger partial charge in [0.15, 0.2) is 5.69 Å². The van der Waals surface area contributed by atoms with Gasteiger partial charge in [0.25, 0.3) is 5.69 Å². The summed E-state index contributed by atoms with van der Waals surface area (Å²) >= 11 is 0. The molecule has 0 saturated carbocycles. The molecule has 0 radical (unpaired) electrons. The van der Waals surface area contributed by atoms with Crippen molar-refractivity contribution in [3.8, 4) is 0 Å². The molecular weight excluding hydrogens is 252 g/mol. The van der Waals surface area contributed by atoms with E-state index in [-0.39, 0.29) is 11.4 Å². The topological polar surface area (TPSA) is 111 Å². The Morgan fingerprint density at radius 2 is 1.89 bits per heavy atom. The number of rotatable bonds is 7. The lowest BCUT2D eigenvalue weighted by Gasteiger charge is -1.97. The fourth-order valence-corrected chi connectivity index (χ4v) is 1.41. The van der Waals surface area contributed by atoms with E-state index < -0.39 is 15.5 Å². The van der Waals surface area contributed by atoms with Gasteiger partial charge in [-0.25, -0.2) is 0 Å². The van der Waals surface area contributed by atoms with Gasteiger partial charge in [0.1, 0.15) is 0 Å². The van der Waals surface area contributed by atoms with E-state index in [4.69, 9.17) is 0 Å². The summed E-state index contributed by atoms with van der Waals surface area (Å²) in [6, 6.07) is 3.30. The van der Waals surface area contributed by atoms with Gasteiger partial charge in [0.05, 0.1) is 22.5 Å². The molecular formula is C11H14N4O4. The van der Waals surface area contributed by atoms with Gasteiger partial charge in [-0.15, -0.1) is 5.11 Å². The van der Waals surface area contributed by atoms with Crippen molar-refractivity contribution in [2.45, 2.75) is 26.2 Å². The Hall–Kier alpha value is -2.38. The largest absolute Gasteiger partial charge is 0.303 e. The molecule has 1 aromatic carbocycles. The van der Waals surface area contributed by atoms with Crippen LogP contribution >= 0.6 is 0 Å². The molecule has 0 aliphatic heterocycles. The maximum absolute atomic E-state index is 10.8. The molecule has 102 valence electrons. The van der Waals surface area contributed by atoms with E-state index in [2.05, 4.69) is 17.2 Å². The average Bonchev–Trinajstić information content (AvgIpc) is 2.38. The maximum atomic E-state index is 10.8. The standard InChI is InChI=1S/C11H14N4O4/c1-2-3-4-7-12-13-10-6-5-9(14(16)17)8-11(10)15(18)19/h5-6,8H,2-4,7H2,1H3. The summed E-state index contributed by atoms with van der Waals surface area (Å²) in [5.74, 6) is 0. The van der Waals surface area contributed by atoms with Crippen LogP contribution in [0, 0.1) is 20.2 Å². The Morgan fingerprint density at radius 1 is 1.16 bits per heavy atom. The monoisotopic (exact) mass is 266 g/mol. The molecule has 0 bridgehead atoms. The molecule has 0 aromatic heterocycles. The molecule has 0 N–H and O–H groups in total. The van der Waals surface area contributed by atoms with Gasteiger partial charge >= 0.3 is 5.69 Å². The van der Waals surface area contributed by atoms with Crippen LogP contribution in [0.3, 0.4) is 0 Å². The van der Waals surface area contributed by atoms with Crippen LogP contribution in [0.5, 0.6) is 0 Å². The van der Waals surface area contributed by atoms with Crippen LogP contribution in [-0.4, -0.2) is 16.4 Å². The highest BCUT2D eigenvalue weighted by atomic mass is 16.6. The summed E-state index contributed by atoms with van der Waals surface area (Å²) in [6.45, 7) is 2.54. The maximum Gasteiger partial charge on any atom is 0.303 e. The van der Waals surface area contributed by atoms with E-state index in [1.54, 1.807) is 0 Å². The van der Waals surface area contributed by atoms with Gasteiger partial charge in [0, 0.05) is 6.07 Å². The van der Waals surface area contributed by atoms with Gasteiger partial charge in [0.2, 0.25) is 0 Å². The summed E-state index contributed by atoms with van der Waals surface area (Å²) < 4.78 is 0. The van der Waals surface area contributed by atoms with E-state index in [1.807, 2.05) is 0 Å². The van der Waals surface area contributed by atoms with E-state index >= 15 is 0 Å². The second-order valence-corrected chi connectivity index (χ2v) is 3.86. The zero-order chi connectivity index (χ0) is 14.3. The van der Waals surface area contributed by atoms with E-state index in [9.17, 15) is 20.2 Å². The molecule has 8 nitrogen and oxygen atoms in total. The number of benzene rings is 1. The molecule has 0 heterocycles. The molecule has 1 rings (SSSR count). The van der Waals surface area contributed by atoms with Gasteiger partial charge in [-0.2, -0.15) is 5.11 Å². The second kappa shape index (κ2) is 7.14. The van der Waals surface area contributed by atoms with Gasteiger partial charge in [-0.3, -0.25) is 20.2 Å². The summed E-state index contributed by atoms with van der Waals surface area (Å²) in [7, 11) is 0. The zero-order valence-corrected chi connectivity index (χ0v) is 10.5. The molecule has 19 heavy (non-hydrogen) atoms. The SMILES string of the molecule is CCCCCN=Nc1ccc([N+](=O)[O-])cc1[N+](=O)[O-]. The number of non-ortho nitro benzene ring substituents is 1. The van der Waals surface area contributed by atoms with Gasteiger partial charge in [-0.05, 0) is 12.5 Å². The number of nitro benzene ring substituents is 2. The van der Waals surface area contributed by atoms with Crippen molar-refractivity contribution < 1.29 is 9.85 Å². The minimum absolute atomic E-state index is 0.0344. The Kier molecular flexibility index (Phi) is 5.52. The summed E-state index contributed by atoms with van der Waals surface area (Å²) in [4.78, 5) is 20.0. The number of hydrogen-bond acceptors (Lipinski definition) is 6.